The van der Waals surface area contributed by atoms with Gasteiger partial charge >= 0.3 is 0 Å². The van der Waals surface area contributed by atoms with E-state index in [1.54, 1.807) is 0 Å². The molecular weight excluding hydrogens is 420 g/mol. The quantitative estimate of drug-likeness (QED) is 0.353. The van der Waals surface area contributed by atoms with Crippen LogP contribution in [0.3, 0.4) is 0 Å². The van der Waals surface area contributed by atoms with Crippen molar-refractivity contribution in [2.24, 2.45) is 11.8 Å². The fourth-order valence-corrected chi connectivity index (χ4v) is 6.35. The highest BCUT2D eigenvalue weighted by Crippen LogP contribution is 2.64. The van der Waals surface area contributed by atoms with Gasteiger partial charge in [-0.3, -0.25) is 24.5 Å². The summed E-state index contributed by atoms with van der Waals surface area (Å²) in [6.07, 6.45) is 0. The molecular formula is C26H18N2O5. The van der Waals surface area contributed by atoms with Crippen molar-refractivity contribution in [1.82, 2.24) is 0 Å². The second kappa shape index (κ2) is 6.45. The van der Waals surface area contributed by atoms with Gasteiger partial charge in [-0.1, -0.05) is 48.5 Å². The van der Waals surface area contributed by atoms with E-state index in [2.05, 4.69) is 0 Å². The molecule has 0 spiro atoms. The van der Waals surface area contributed by atoms with Crippen molar-refractivity contribution in [3.8, 4) is 0 Å². The van der Waals surface area contributed by atoms with Gasteiger partial charge in [0.25, 0.3) is 5.69 Å². The SMILES string of the molecule is CC(=O)C12c3ccccc3C(c3ccccc31)[C@@H]1C(=O)N(c3ccc([N+](=O)[O-])cc3)C(=O)[C@H]12. The predicted molar refractivity (Wildman–Crippen MR) is 119 cm³/mol. The first kappa shape index (κ1) is 19.5. The standard InChI is InChI=1S/C26H18N2O5/c1-14(29)26-19-8-4-2-6-17(19)21(18-7-3-5-9-20(18)26)22-23(26)25(31)27(24(22)30)15-10-12-16(13-11-15)28(32)33/h2-13,21-23H,1H3/t21?,22-,23-,26?/m0/s1. The summed E-state index contributed by atoms with van der Waals surface area (Å²) in [5.41, 5.74) is 2.27. The van der Waals surface area contributed by atoms with Gasteiger partial charge < -0.3 is 0 Å². The van der Waals surface area contributed by atoms with Crippen molar-refractivity contribution in [2.45, 2.75) is 18.3 Å². The van der Waals surface area contributed by atoms with Crippen molar-refractivity contribution in [3.05, 3.63) is 105 Å². The van der Waals surface area contributed by atoms with Crippen LogP contribution in [-0.4, -0.2) is 22.5 Å². The maximum Gasteiger partial charge on any atom is 0.269 e. The lowest BCUT2D eigenvalue weighted by molar-refractivity contribution is -0.384. The molecule has 1 aliphatic heterocycles. The molecule has 1 fully saturated rings. The molecule has 7 heteroatoms. The van der Waals surface area contributed by atoms with Gasteiger partial charge in [0.2, 0.25) is 11.8 Å². The fourth-order valence-electron chi connectivity index (χ4n) is 6.35. The Kier molecular flexibility index (Phi) is 3.82. The van der Waals surface area contributed by atoms with Crippen molar-refractivity contribution in [2.75, 3.05) is 4.90 Å². The zero-order valence-corrected chi connectivity index (χ0v) is 17.6. The number of carbonyl (C=O) groups is 3. The van der Waals surface area contributed by atoms with Crippen LogP contribution >= 0.6 is 0 Å². The Balaban J connectivity index is 1.61. The highest BCUT2D eigenvalue weighted by Gasteiger charge is 2.69. The third-order valence-electron chi connectivity index (χ3n) is 7.49. The Morgan fingerprint density at radius 1 is 0.879 bits per heavy atom. The first-order valence-corrected chi connectivity index (χ1v) is 10.7. The number of nitro groups is 1. The highest BCUT2D eigenvalue weighted by atomic mass is 16.6. The fraction of sp³-hybridized carbons (Fsp3) is 0.192. The number of anilines is 1. The third-order valence-corrected chi connectivity index (χ3v) is 7.49. The van der Waals surface area contributed by atoms with Crippen molar-refractivity contribution in [3.63, 3.8) is 0 Å². The second-order valence-corrected chi connectivity index (χ2v) is 8.81. The van der Waals surface area contributed by atoms with E-state index in [-0.39, 0.29) is 29.0 Å². The van der Waals surface area contributed by atoms with Gasteiger partial charge in [0.05, 0.1) is 27.9 Å². The summed E-state index contributed by atoms with van der Waals surface area (Å²) in [6, 6.07) is 20.5. The van der Waals surface area contributed by atoms with E-state index in [0.29, 0.717) is 0 Å². The van der Waals surface area contributed by atoms with Gasteiger partial charge in [0.15, 0.2) is 0 Å². The lowest BCUT2D eigenvalue weighted by atomic mass is 9.46. The summed E-state index contributed by atoms with van der Waals surface area (Å²) >= 11 is 0. The molecule has 2 amide bonds. The Morgan fingerprint density at radius 3 is 1.94 bits per heavy atom. The summed E-state index contributed by atoms with van der Waals surface area (Å²) in [5.74, 6) is -2.93. The van der Waals surface area contributed by atoms with Gasteiger partial charge in [-0.05, 0) is 41.3 Å². The Morgan fingerprint density at radius 2 is 1.42 bits per heavy atom. The van der Waals surface area contributed by atoms with E-state index >= 15 is 0 Å². The molecule has 0 saturated carbocycles. The van der Waals surface area contributed by atoms with E-state index in [0.717, 1.165) is 27.2 Å². The number of nitrogens with zero attached hydrogens (tertiary/aromatic N) is 2. The number of rotatable bonds is 3. The van der Waals surface area contributed by atoms with Gasteiger partial charge in [0, 0.05) is 18.1 Å². The molecule has 1 saturated heterocycles. The number of non-ortho nitro benzene ring substituents is 1. The molecule has 0 N–H and O–H groups in total. The second-order valence-electron chi connectivity index (χ2n) is 8.81. The maximum absolute atomic E-state index is 13.9. The van der Waals surface area contributed by atoms with Crippen LogP contribution in [0.15, 0.2) is 72.8 Å². The minimum Gasteiger partial charge on any atom is -0.299 e. The maximum atomic E-state index is 13.9. The van der Waals surface area contributed by atoms with Crippen LogP contribution < -0.4 is 4.90 Å². The van der Waals surface area contributed by atoms with Gasteiger partial charge in [-0.25, -0.2) is 4.90 Å². The molecule has 33 heavy (non-hydrogen) atoms. The number of carbonyl (C=O) groups excluding carboxylic acids is 3. The number of imide groups is 1. The van der Waals surface area contributed by atoms with E-state index in [1.165, 1.54) is 31.2 Å². The van der Waals surface area contributed by atoms with Crippen molar-refractivity contribution >= 4 is 29.0 Å². The molecule has 0 unspecified atom stereocenters. The summed E-state index contributed by atoms with van der Waals surface area (Å²) < 4.78 is 0. The van der Waals surface area contributed by atoms with E-state index in [1.807, 2.05) is 48.5 Å². The zero-order valence-electron chi connectivity index (χ0n) is 17.6. The molecule has 7 nitrogen and oxygen atoms in total. The zero-order chi connectivity index (χ0) is 23.1. The smallest absolute Gasteiger partial charge is 0.269 e. The first-order valence-electron chi connectivity index (χ1n) is 10.7. The Labute approximate surface area is 188 Å². The predicted octanol–water partition coefficient (Wildman–Crippen LogP) is 3.73. The van der Waals surface area contributed by atoms with E-state index in [9.17, 15) is 24.5 Å². The number of hydrogen-bond donors (Lipinski definition) is 0. The number of benzene rings is 3. The molecule has 0 radical (unpaired) electrons. The van der Waals surface area contributed by atoms with Crippen LogP contribution in [0.1, 0.15) is 35.1 Å². The van der Waals surface area contributed by atoms with Crippen molar-refractivity contribution in [1.29, 1.82) is 0 Å². The molecule has 2 bridgehead atoms. The first-order chi connectivity index (χ1) is 15.9. The van der Waals surface area contributed by atoms with E-state index in [4.69, 9.17) is 0 Å². The van der Waals surface area contributed by atoms with Gasteiger partial charge in [-0.2, -0.15) is 0 Å². The summed E-state index contributed by atoms with van der Waals surface area (Å²) in [7, 11) is 0. The lowest BCUT2D eigenvalue weighted by Crippen LogP contribution is -2.57. The number of Topliss-reactive ketones (excluding diaryl/α,β-unsaturated/α-hetero) is 1. The monoisotopic (exact) mass is 438 g/mol. The third kappa shape index (κ3) is 2.21. The number of hydrogen-bond acceptors (Lipinski definition) is 5. The van der Waals surface area contributed by atoms with Gasteiger partial charge in [-0.15, -0.1) is 0 Å². The largest absolute Gasteiger partial charge is 0.299 e. The molecule has 2 atom stereocenters. The minimum atomic E-state index is -1.26. The molecule has 0 aromatic heterocycles. The average Bonchev–Trinajstić information content (AvgIpc) is 3.09. The van der Waals surface area contributed by atoms with Crippen LogP contribution in [0, 0.1) is 22.0 Å². The van der Waals surface area contributed by atoms with E-state index < -0.39 is 28.1 Å². The van der Waals surface area contributed by atoms with Crippen LogP contribution in [0.4, 0.5) is 11.4 Å². The molecule has 3 aromatic carbocycles. The van der Waals surface area contributed by atoms with Crippen molar-refractivity contribution < 1.29 is 19.3 Å². The van der Waals surface area contributed by atoms with Crippen LogP contribution in [0.5, 0.6) is 0 Å². The Bertz CT molecular complexity index is 1350. The molecule has 3 aromatic rings. The van der Waals surface area contributed by atoms with Crippen LogP contribution in [0.2, 0.25) is 0 Å². The summed E-state index contributed by atoms with van der Waals surface area (Å²) in [6.45, 7) is 1.49. The number of amides is 2. The molecule has 4 aliphatic rings. The van der Waals surface area contributed by atoms with Crippen LogP contribution in [0.25, 0.3) is 0 Å². The summed E-state index contributed by atoms with van der Waals surface area (Å²) in [5, 5.41) is 11.1. The van der Waals surface area contributed by atoms with Gasteiger partial charge in [0.1, 0.15) is 5.78 Å². The molecule has 3 aliphatic carbocycles. The molecule has 7 rings (SSSR count). The molecule has 162 valence electrons. The number of ketones is 1. The Hall–Kier alpha value is -4.13. The minimum absolute atomic E-state index is 0.129. The topological polar surface area (TPSA) is 97.6 Å². The average molecular weight is 438 g/mol. The summed E-state index contributed by atoms with van der Waals surface area (Å²) in [4.78, 5) is 52.8. The van der Waals surface area contributed by atoms with Crippen LogP contribution in [-0.2, 0) is 19.8 Å². The highest BCUT2D eigenvalue weighted by molar-refractivity contribution is 6.25. The molecule has 1 heterocycles. The normalized spacial score (nSPS) is 26.6. The lowest BCUT2D eigenvalue weighted by Gasteiger charge is -2.52. The number of nitro benzene ring substituents is 1.